The van der Waals surface area contributed by atoms with E-state index in [0.29, 0.717) is 12.8 Å². The molecule has 37 heavy (non-hydrogen) atoms. The predicted octanol–water partition coefficient (Wildman–Crippen LogP) is 6.47. The van der Waals surface area contributed by atoms with Crippen molar-refractivity contribution in [2.24, 2.45) is 0 Å². The molecule has 0 radical (unpaired) electrons. The summed E-state index contributed by atoms with van der Waals surface area (Å²) < 4.78 is 25.2. The van der Waals surface area contributed by atoms with Crippen LogP contribution in [-0.4, -0.2) is 8.42 Å². The van der Waals surface area contributed by atoms with E-state index in [4.69, 9.17) is 0 Å². The Morgan fingerprint density at radius 2 is 0.838 bits per heavy atom. The lowest BCUT2D eigenvalue weighted by Gasteiger charge is -2.11. The third-order valence-corrected chi connectivity index (χ3v) is 7.28. The Morgan fingerprint density at radius 3 is 1.27 bits per heavy atom. The van der Waals surface area contributed by atoms with Gasteiger partial charge in [0.25, 0.3) is 0 Å². The minimum atomic E-state index is -3.42. The molecular weight excluding hydrogens is 472 g/mol. The van der Waals surface area contributed by atoms with Crippen LogP contribution in [0.25, 0.3) is 0 Å². The lowest BCUT2D eigenvalue weighted by molar-refractivity contribution is 0.613. The molecule has 0 bridgehead atoms. The van der Waals surface area contributed by atoms with Gasteiger partial charge in [0.2, 0.25) is 0 Å². The first kappa shape index (κ1) is 24.1. The zero-order chi connectivity index (χ0) is 25.5. The highest BCUT2D eigenvalue weighted by atomic mass is 32.2. The maximum atomic E-state index is 12.6. The molecule has 1 aliphatic heterocycles. The molecule has 2 nitrogen and oxygen atoms in total. The number of hydrogen-bond donors (Lipinski definition) is 0. The Labute approximate surface area is 218 Å². The SMILES string of the molecule is O=S1(=O)C=C(Cc2ccccc2C#Cc2ccccc2)C(Cc2ccccc2C#Cc2ccccc2)=C1. The van der Waals surface area contributed by atoms with E-state index in [-0.39, 0.29) is 0 Å². The van der Waals surface area contributed by atoms with Gasteiger partial charge >= 0.3 is 0 Å². The molecule has 0 N–H and O–H groups in total. The van der Waals surface area contributed by atoms with Crippen molar-refractivity contribution in [1.29, 1.82) is 0 Å². The second-order valence-electron chi connectivity index (χ2n) is 8.78. The van der Waals surface area contributed by atoms with Crippen molar-refractivity contribution in [2.45, 2.75) is 12.8 Å². The second kappa shape index (κ2) is 11.0. The minimum absolute atomic E-state index is 0.489. The van der Waals surface area contributed by atoms with Crippen molar-refractivity contribution in [3.8, 4) is 23.7 Å². The quantitative estimate of drug-likeness (QED) is 0.304. The first-order chi connectivity index (χ1) is 18.1. The van der Waals surface area contributed by atoms with Crippen molar-refractivity contribution >= 4 is 9.84 Å². The molecule has 1 heterocycles. The number of rotatable bonds is 4. The van der Waals surface area contributed by atoms with E-state index in [1.54, 1.807) is 0 Å². The van der Waals surface area contributed by atoms with E-state index in [2.05, 4.69) is 23.7 Å². The summed E-state index contributed by atoms with van der Waals surface area (Å²) in [7, 11) is -3.42. The first-order valence-corrected chi connectivity index (χ1v) is 13.6. The van der Waals surface area contributed by atoms with Crippen LogP contribution in [0, 0.1) is 23.7 Å². The van der Waals surface area contributed by atoms with Crippen LogP contribution in [0.1, 0.15) is 33.4 Å². The van der Waals surface area contributed by atoms with Gasteiger partial charge in [0.15, 0.2) is 9.84 Å². The molecule has 0 spiro atoms. The van der Waals surface area contributed by atoms with E-state index in [1.165, 1.54) is 10.8 Å². The Balaban J connectivity index is 1.42. The molecule has 0 saturated heterocycles. The van der Waals surface area contributed by atoms with Crippen LogP contribution in [0.3, 0.4) is 0 Å². The predicted molar refractivity (Wildman–Crippen MR) is 150 cm³/mol. The van der Waals surface area contributed by atoms with Gasteiger partial charge in [-0.15, -0.1) is 0 Å². The Hall–Kier alpha value is -4.57. The van der Waals surface area contributed by atoms with Crippen molar-refractivity contribution in [3.63, 3.8) is 0 Å². The molecule has 0 aliphatic carbocycles. The smallest absolute Gasteiger partial charge is 0.193 e. The summed E-state index contributed by atoms with van der Waals surface area (Å²) in [4.78, 5) is 0. The molecule has 4 aromatic carbocycles. The van der Waals surface area contributed by atoms with Crippen LogP contribution in [0.4, 0.5) is 0 Å². The second-order valence-corrected chi connectivity index (χ2v) is 10.4. The van der Waals surface area contributed by atoms with E-state index >= 15 is 0 Å². The van der Waals surface area contributed by atoms with Gasteiger partial charge in [0, 0.05) is 33.1 Å². The third-order valence-electron chi connectivity index (χ3n) is 6.05. The molecule has 3 heteroatoms. The summed E-state index contributed by atoms with van der Waals surface area (Å²) >= 11 is 0. The number of hydrogen-bond acceptors (Lipinski definition) is 2. The van der Waals surface area contributed by atoms with Crippen molar-refractivity contribution in [1.82, 2.24) is 0 Å². The first-order valence-electron chi connectivity index (χ1n) is 12.0. The molecule has 0 atom stereocenters. The Bertz CT molecular complexity index is 1600. The summed E-state index contributed by atoms with van der Waals surface area (Å²) in [6, 6.07) is 35.5. The number of benzene rings is 4. The molecule has 0 aromatic heterocycles. The molecule has 5 rings (SSSR count). The van der Waals surface area contributed by atoms with Crippen LogP contribution in [0.5, 0.6) is 0 Å². The van der Waals surface area contributed by atoms with Crippen molar-refractivity contribution in [3.05, 3.63) is 165 Å². The molecule has 0 fully saturated rings. The lowest BCUT2D eigenvalue weighted by atomic mass is 9.92. The Kier molecular flexibility index (Phi) is 7.18. The average Bonchev–Trinajstić information content (AvgIpc) is 3.21. The zero-order valence-electron chi connectivity index (χ0n) is 20.2. The minimum Gasteiger partial charge on any atom is -0.220 e. The lowest BCUT2D eigenvalue weighted by Crippen LogP contribution is -2.00. The average molecular weight is 497 g/mol. The fourth-order valence-electron chi connectivity index (χ4n) is 4.22. The van der Waals surface area contributed by atoms with Gasteiger partial charge in [0.1, 0.15) is 0 Å². The third kappa shape index (κ3) is 6.36. The normalized spacial score (nSPS) is 13.4. The van der Waals surface area contributed by atoms with Crippen molar-refractivity contribution < 1.29 is 8.42 Å². The highest BCUT2D eigenvalue weighted by Crippen LogP contribution is 2.30. The van der Waals surface area contributed by atoms with Gasteiger partial charge in [0.05, 0.1) is 0 Å². The Morgan fingerprint density at radius 1 is 0.459 bits per heavy atom. The molecule has 1 aliphatic rings. The fraction of sp³-hybridized carbons (Fsp3) is 0.0588. The van der Waals surface area contributed by atoms with Crippen LogP contribution in [0.15, 0.2) is 131 Å². The fourth-order valence-corrected chi connectivity index (χ4v) is 5.55. The van der Waals surface area contributed by atoms with Gasteiger partial charge in [-0.2, -0.15) is 0 Å². The maximum Gasteiger partial charge on any atom is 0.193 e. The summed E-state index contributed by atoms with van der Waals surface area (Å²) in [6.45, 7) is 0. The molecule has 0 amide bonds. The van der Waals surface area contributed by atoms with Crippen LogP contribution in [0.2, 0.25) is 0 Å². The summed E-state index contributed by atoms with van der Waals surface area (Å²) in [5, 5.41) is 2.78. The monoisotopic (exact) mass is 496 g/mol. The van der Waals surface area contributed by atoms with E-state index < -0.39 is 9.84 Å². The van der Waals surface area contributed by atoms with Gasteiger partial charge in [-0.25, -0.2) is 8.42 Å². The molecule has 178 valence electrons. The summed E-state index contributed by atoms with van der Waals surface area (Å²) in [6.07, 6.45) is 0.977. The van der Waals surface area contributed by atoms with Gasteiger partial charge in [-0.3, -0.25) is 0 Å². The largest absolute Gasteiger partial charge is 0.220 e. The molecular formula is C34H24O2S. The summed E-state index contributed by atoms with van der Waals surface area (Å²) in [5.41, 5.74) is 7.24. The zero-order valence-corrected chi connectivity index (χ0v) is 21.0. The highest BCUT2D eigenvalue weighted by molar-refractivity contribution is 7.97. The van der Waals surface area contributed by atoms with Gasteiger partial charge < -0.3 is 0 Å². The highest BCUT2D eigenvalue weighted by Gasteiger charge is 2.22. The van der Waals surface area contributed by atoms with E-state index in [0.717, 1.165) is 44.5 Å². The molecule has 4 aromatic rings. The van der Waals surface area contributed by atoms with Crippen LogP contribution in [-0.2, 0) is 22.7 Å². The standard InChI is InChI=1S/C34H24O2S/c35-37(36)25-33(23-31-17-9-7-15-29(31)21-19-27-11-3-1-4-12-27)34(26-37)24-32-18-10-8-16-30(32)22-20-28-13-5-2-6-14-28/h1-18,25-26H,23-24H2. The number of sulfone groups is 1. The topological polar surface area (TPSA) is 34.1 Å². The molecule has 0 saturated carbocycles. The van der Waals surface area contributed by atoms with Gasteiger partial charge in [-0.05, 0) is 71.5 Å². The van der Waals surface area contributed by atoms with Crippen LogP contribution >= 0.6 is 0 Å². The van der Waals surface area contributed by atoms with Gasteiger partial charge in [-0.1, -0.05) is 96.5 Å². The van der Waals surface area contributed by atoms with E-state index in [1.807, 2.05) is 109 Å². The van der Waals surface area contributed by atoms with Crippen LogP contribution < -0.4 is 0 Å². The van der Waals surface area contributed by atoms with Crippen molar-refractivity contribution in [2.75, 3.05) is 0 Å². The summed E-state index contributed by atoms with van der Waals surface area (Å²) in [5.74, 6) is 13.0. The van der Waals surface area contributed by atoms with E-state index in [9.17, 15) is 8.42 Å². The number of allylic oxidation sites excluding steroid dienone is 2. The maximum absolute atomic E-state index is 12.6. The molecule has 0 unspecified atom stereocenters.